The number of para-hydroxylation sites is 2. The van der Waals surface area contributed by atoms with Gasteiger partial charge in [-0.05, 0) is 43.7 Å². The van der Waals surface area contributed by atoms with E-state index in [0.29, 0.717) is 35.1 Å². The van der Waals surface area contributed by atoms with Gasteiger partial charge in [0.1, 0.15) is 5.52 Å². The molecule has 1 heterocycles. The molecule has 160 valence electrons. The second-order valence-electron chi connectivity index (χ2n) is 6.77. The maximum Gasteiger partial charge on any atom is 0.257 e. The highest BCUT2D eigenvalue weighted by Gasteiger charge is 2.25. The summed E-state index contributed by atoms with van der Waals surface area (Å²) >= 11 is 1.21. The van der Waals surface area contributed by atoms with Gasteiger partial charge >= 0.3 is 0 Å². The Hall–Kier alpha value is -2.36. The molecule has 3 rings (SSSR count). The van der Waals surface area contributed by atoms with Gasteiger partial charge in [-0.2, -0.15) is 4.31 Å². The number of sulfonamides is 1. The van der Waals surface area contributed by atoms with Crippen molar-refractivity contribution in [2.24, 2.45) is 0 Å². The van der Waals surface area contributed by atoms with Gasteiger partial charge in [0.2, 0.25) is 15.9 Å². The van der Waals surface area contributed by atoms with E-state index in [9.17, 15) is 13.2 Å². The number of amides is 1. The fourth-order valence-electron chi connectivity index (χ4n) is 3.01. The Kier molecular flexibility index (Phi) is 6.84. The molecular formula is C21H25N3O4S2. The molecule has 9 heteroatoms. The van der Waals surface area contributed by atoms with Crippen molar-refractivity contribution in [2.45, 2.75) is 43.1 Å². The predicted octanol–water partition coefficient (Wildman–Crippen LogP) is 4.29. The van der Waals surface area contributed by atoms with Gasteiger partial charge in [0.25, 0.3) is 5.22 Å². The van der Waals surface area contributed by atoms with Crippen LogP contribution >= 0.6 is 11.8 Å². The first-order chi connectivity index (χ1) is 14.3. The van der Waals surface area contributed by atoms with E-state index >= 15 is 0 Å². The highest BCUT2D eigenvalue weighted by atomic mass is 32.2. The molecule has 0 saturated carbocycles. The van der Waals surface area contributed by atoms with E-state index in [1.54, 1.807) is 39.8 Å². The number of oxazole rings is 1. The SMILES string of the molecule is CCN(CC)S(=O)(=O)c1cc(NC(=O)C(C)Sc2nc3ccccc3o2)ccc1C. The van der Waals surface area contributed by atoms with Crippen molar-refractivity contribution in [3.8, 4) is 0 Å². The predicted molar refractivity (Wildman–Crippen MR) is 119 cm³/mol. The number of aryl methyl sites for hydroxylation is 1. The number of hydrogen-bond donors (Lipinski definition) is 1. The number of carbonyl (C=O) groups is 1. The van der Waals surface area contributed by atoms with Crippen molar-refractivity contribution in [1.82, 2.24) is 9.29 Å². The normalized spacial score (nSPS) is 13.0. The Balaban J connectivity index is 1.76. The van der Waals surface area contributed by atoms with Crippen molar-refractivity contribution >= 4 is 44.5 Å². The number of nitrogens with one attached hydrogen (secondary N) is 1. The minimum Gasteiger partial charge on any atom is -0.431 e. The van der Waals surface area contributed by atoms with Crippen molar-refractivity contribution in [2.75, 3.05) is 18.4 Å². The first kappa shape index (κ1) is 22.3. The fourth-order valence-corrected chi connectivity index (χ4v) is 5.47. The summed E-state index contributed by atoms with van der Waals surface area (Å²) in [5.74, 6) is -0.266. The van der Waals surface area contributed by atoms with Gasteiger partial charge in [0, 0.05) is 18.8 Å². The van der Waals surface area contributed by atoms with E-state index in [0.717, 1.165) is 5.52 Å². The van der Waals surface area contributed by atoms with Crippen LogP contribution in [0.4, 0.5) is 5.69 Å². The Morgan fingerprint density at radius 2 is 1.90 bits per heavy atom. The number of hydrogen-bond acceptors (Lipinski definition) is 6. The van der Waals surface area contributed by atoms with E-state index in [-0.39, 0.29) is 10.8 Å². The van der Waals surface area contributed by atoms with E-state index in [1.165, 1.54) is 22.1 Å². The lowest BCUT2D eigenvalue weighted by Gasteiger charge is -2.20. The summed E-state index contributed by atoms with van der Waals surface area (Å²) < 4.78 is 32.9. The zero-order chi connectivity index (χ0) is 21.9. The summed E-state index contributed by atoms with van der Waals surface area (Å²) in [4.78, 5) is 17.2. The lowest BCUT2D eigenvalue weighted by Crippen LogP contribution is -2.31. The third-order valence-electron chi connectivity index (χ3n) is 4.70. The van der Waals surface area contributed by atoms with Gasteiger partial charge in [-0.25, -0.2) is 13.4 Å². The summed E-state index contributed by atoms with van der Waals surface area (Å²) in [5, 5.41) is 2.72. The zero-order valence-corrected chi connectivity index (χ0v) is 19.0. The van der Waals surface area contributed by atoms with Gasteiger partial charge in [-0.1, -0.05) is 43.8 Å². The summed E-state index contributed by atoms with van der Waals surface area (Å²) in [6.45, 7) is 7.85. The molecular weight excluding hydrogens is 422 g/mol. The van der Waals surface area contributed by atoms with Gasteiger partial charge in [0.15, 0.2) is 5.58 Å². The Morgan fingerprint density at radius 3 is 2.57 bits per heavy atom. The minimum atomic E-state index is -3.62. The summed E-state index contributed by atoms with van der Waals surface area (Å²) in [6.07, 6.45) is 0. The lowest BCUT2D eigenvalue weighted by molar-refractivity contribution is -0.115. The summed E-state index contributed by atoms with van der Waals surface area (Å²) in [6, 6.07) is 12.3. The number of thioether (sulfide) groups is 1. The number of fused-ring (bicyclic) bond motifs is 1. The molecule has 1 atom stereocenters. The van der Waals surface area contributed by atoms with Crippen LogP contribution < -0.4 is 5.32 Å². The molecule has 0 aliphatic carbocycles. The Morgan fingerprint density at radius 1 is 1.20 bits per heavy atom. The highest BCUT2D eigenvalue weighted by Crippen LogP contribution is 2.28. The third-order valence-corrected chi connectivity index (χ3v) is 7.84. The first-order valence-corrected chi connectivity index (χ1v) is 12.0. The molecule has 0 bridgehead atoms. The quantitative estimate of drug-likeness (QED) is 0.518. The van der Waals surface area contributed by atoms with E-state index < -0.39 is 15.3 Å². The van der Waals surface area contributed by atoms with Crippen LogP contribution in [0.2, 0.25) is 0 Å². The molecule has 1 amide bonds. The number of benzene rings is 2. The number of rotatable bonds is 8. The molecule has 7 nitrogen and oxygen atoms in total. The highest BCUT2D eigenvalue weighted by molar-refractivity contribution is 8.00. The Labute approximate surface area is 180 Å². The topological polar surface area (TPSA) is 92.5 Å². The van der Waals surface area contributed by atoms with Gasteiger partial charge in [-0.15, -0.1) is 0 Å². The molecule has 0 radical (unpaired) electrons. The van der Waals surface area contributed by atoms with E-state index in [2.05, 4.69) is 10.3 Å². The average Bonchev–Trinajstić information content (AvgIpc) is 3.12. The van der Waals surface area contributed by atoms with Crippen LogP contribution in [0.3, 0.4) is 0 Å². The van der Waals surface area contributed by atoms with Crippen molar-refractivity contribution < 1.29 is 17.6 Å². The Bertz CT molecular complexity index is 1120. The van der Waals surface area contributed by atoms with Crippen LogP contribution in [0.25, 0.3) is 11.1 Å². The molecule has 0 aliphatic rings. The van der Waals surface area contributed by atoms with Crippen LogP contribution in [0, 0.1) is 6.92 Å². The molecule has 1 aromatic heterocycles. The van der Waals surface area contributed by atoms with Crippen LogP contribution in [0.15, 0.2) is 57.0 Å². The first-order valence-electron chi connectivity index (χ1n) is 9.70. The lowest BCUT2D eigenvalue weighted by atomic mass is 10.2. The maximum absolute atomic E-state index is 12.9. The number of anilines is 1. The van der Waals surface area contributed by atoms with Gasteiger partial charge in [-0.3, -0.25) is 4.79 Å². The molecule has 3 aromatic rings. The molecule has 0 fully saturated rings. The standard InChI is InChI=1S/C21H25N3O4S2/c1-5-24(6-2)30(26,27)19-13-16(12-11-14(19)3)22-20(25)15(4)29-21-23-17-9-7-8-10-18(17)28-21/h7-13,15H,5-6H2,1-4H3,(H,22,25). The van der Waals surface area contributed by atoms with E-state index in [4.69, 9.17) is 4.42 Å². The van der Waals surface area contributed by atoms with Gasteiger partial charge < -0.3 is 9.73 Å². The molecule has 1 unspecified atom stereocenters. The monoisotopic (exact) mass is 447 g/mol. The molecule has 0 saturated heterocycles. The fraction of sp³-hybridized carbons (Fsp3) is 0.333. The van der Waals surface area contributed by atoms with Crippen LogP contribution in [0.1, 0.15) is 26.3 Å². The largest absolute Gasteiger partial charge is 0.431 e. The van der Waals surface area contributed by atoms with Crippen molar-refractivity contribution in [3.05, 3.63) is 48.0 Å². The second-order valence-corrected chi connectivity index (χ2v) is 9.96. The van der Waals surface area contributed by atoms with Crippen LogP contribution in [-0.4, -0.2) is 42.0 Å². The van der Waals surface area contributed by atoms with Crippen molar-refractivity contribution in [1.29, 1.82) is 0 Å². The summed E-state index contributed by atoms with van der Waals surface area (Å²) in [5.41, 5.74) is 2.46. The second kappa shape index (κ2) is 9.20. The molecule has 1 N–H and O–H groups in total. The van der Waals surface area contributed by atoms with Crippen LogP contribution in [0.5, 0.6) is 0 Å². The van der Waals surface area contributed by atoms with E-state index in [1.807, 2.05) is 24.3 Å². The van der Waals surface area contributed by atoms with Gasteiger partial charge in [0.05, 0.1) is 10.1 Å². The average molecular weight is 448 g/mol. The number of carbonyl (C=O) groups excluding carboxylic acids is 1. The third kappa shape index (κ3) is 4.69. The van der Waals surface area contributed by atoms with Crippen LogP contribution in [-0.2, 0) is 14.8 Å². The molecule has 30 heavy (non-hydrogen) atoms. The molecule has 2 aromatic carbocycles. The van der Waals surface area contributed by atoms with Crippen molar-refractivity contribution in [3.63, 3.8) is 0 Å². The number of nitrogens with zero attached hydrogens (tertiary/aromatic N) is 2. The molecule has 0 spiro atoms. The smallest absolute Gasteiger partial charge is 0.257 e. The minimum absolute atomic E-state index is 0.197. The summed E-state index contributed by atoms with van der Waals surface area (Å²) in [7, 11) is -3.62. The zero-order valence-electron chi connectivity index (χ0n) is 17.4. The molecule has 0 aliphatic heterocycles. The maximum atomic E-state index is 12.9. The number of aromatic nitrogens is 1.